The number of hydrogen-bond donors (Lipinski definition) is 0. The molecule has 1 aliphatic heterocycles. The Kier molecular flexibility index (Phi) is 3.69. The van der Waals surface area contributed by atoms with Crippen LogP contribution in [0.25, 0.3) is 10.9 Å². The minimum Gasteiger partial charge on any atom is -0.464 e. The maximum absolute atomic E-state index is 11.9. The summed E-state index contributed by atoms with van der Waals surface area (Å²) >= 11 is 0. The Bertz CT molecular complexity index is 756. The molecule has 0 aliphatic carbocycles. The van der Waals surface area contributed by atoms with E-state index in [4.69, 9.17) is 14.0 Å². The minimum absolute atomic E-state index is 0.246. The smallest absolute Gasteiger partial charge is 0.464 e. The van der Waals surface area contributed by atoms with Crippen LogP contribution in [0.3, 0.4) is 0 Å². The molecule has 0 radical (unpaired) electrons. The van der Waals surface area contributed by atoms with Crippen molar-refractivity contribution in [3.05, 3.63) is 36.0 Å². The first-order valence-electron chi connectivity index (χ1n) is 7.59. The molecule has 23 heavy (non-hydrogen) atoms. The van der Waals surface area contributed by atoms with Crippen molar-refractivity contribution in [2.75, 3.05) is 7.11 Å². The summed E-state index contributed by atoms with van der Waals surface area (Å²) in [6, 6.07) is 9.30. The highest BCUT2D eigenvalue weighted by molar-refractivity contribution is 6.65. The van der Waals surface area contributed by atoms with Crippen LogP contribution in [0, 0.1) is 0 Å². The molecule has 0 N–H and O–H groups in total. The lowest BCUT2D eigenvalue weighted by Crippen LogP contribution is -2.41. The molecular weight excluding hydrogens is 293 g/mol. The number of nitrogens with zero attached hydrogens (tertiary/aromatic N) is 1. The van der Waals surface area contributed by atoms with Gasteiger partial charge in [-0.15, -0.1) is 0 Å². The summed E-state index contributed by atoms with van der Waals surface area (Å²) in [7, 11) is 0.782. The summed E-state index contributed by atoms with van der Waals surface area (Å²) in [5.74, 6) is -0.478. The van der Waals surface area contributed by atoms with Gasteiger partial charge < -0.3 is 14.0 Å². The highest BCUT2D eigenvalue weighted by Crippen LogP contribution is 2.37. The largest absolute Gasteiger partial charge is 0.495 e. The number of benzene rings is 1. The van der Waals surface area contributed by atoms with Crippen LogP contribution in [-0.4, -0.2) is 36.4 Å². The van der Waals surface area contributed by atoms with Crippen molar-refractivity contribution in [3.63, 3.8) is 0 Å². The van der Waals surface area contributed by atoms with Gasteiger partial charge in [0.25, 0.3) is 0 Å². The van der Waals surface area contributed by atoms with Crippen molar-refractivity contribution in [1.82, 2.24) is 4.98 Å². The summed E-state index contributed by atoms with van der Waals surface area (Å²) in [6.07, 6.45) is 0. The second-order valence-electron chi connectivity index (χ2n) is 6.69. The van der Waals surface area contributed by atoms with Crippen molar-refractivity contribution in [2.45, 2.75) is 38.9 Å². The van der Waals surface area contributed by atoms with Gasteiger partial charge in [0.15, 0.2) is 0 Å². The molecule has 1 fully saturated rings. The molecule has 3 rings (SSSR count). The van der Waals surface area contributed by atoms with Crippen molar-refractivity contribution in [3.8, 4) is 0 Å². The second kappa shape index (κ2) is 5.32. The zero-order chi connectivity index (χ0) is 16.8. The van der Waals surface area contributed by atoms with Crippen molar-refractivity contribution >= 4 is 29.5 Å². The van der Waals surface area contributed by atoms with Gasteiger partial charge in [-0.3, -0.25) is 0 Å². The molecule has 1 aromatic carbocycles. The van der Waals surface area contributed by atoms with Crippen LogP contribution in [0.2, 0.25) is 0 Å². The number of carbonyl (C=O) groups is 1. The molecule has 0 bridgehead atoms. The number of aromatic nitrogens is 1. The van der Waals surface area contributed by atoms with Crippen LogP contribution >= 0.6 is 0 Å². The number of hydrogen-bond acceptors (Lipinski definition) is 5. The predicted octanol–water partition coefficient (Wildman–Crippen LogP) is 2.32. The van der Waals surface area contributed by atoms with Gasteiger partial charge in [0.2, 0.25) is 0 Å². The molecule has 5 nitrogen and oxygen atoms in total. The summed E-state index contributed by atoms with van der Waals surface area (Å²) in [6.45, 7) is 7.99. The summed E-state index contributed by atoms with van der Waals surface area (Å²) < 4.78 is 17.1. The molecule has 0 atom stereocenters. The lowest BCUT2D eigenvalue weighted by atomic mass is 9.76. The highest BCUT2D eigenvalue weighted by Gasteiger charge is 2.52. The fourth-order valence-corrected chi connectivity index (χ4v) is 2.58. The second-order valence-corrected chi connectivity index (χ2v) is 6.69. The van der Waals surface area contributed by atoms with E-state index in [1.54, 1.807) is 6.07 Å². The molecular formula is C17H20BNO4. The van der Waals surface area contributed by atoms with E-state index in [2.05, 4.69) is 4.98 Å². The summed E-state index contributed by atoms with van der Waals surface area (Å²) in [5, 5.41) is 0.902. The lowest BCUT2D eigenvalue weighted by molar-refractivity contribution is 0.00578. The molecule has 1 aliphatic rings. The zero-order valence-electron chi connectivity index (χ0n) is 14.0. The maximum Gasteiger partial charge on any atom is 0.495 e. The molecule has 2 aromatic rings. The fourth-order valence-electron chi connectivity index (χ4n) is 2.58. The number of rotatable bonds is 2. The Morgan fingerprint density at radius 1 is 1.13 bits per heavy atom. The molecule has 0 unspecified atom stereocenters. The number of methoxy groups -OCH3 is 1. The van der Waals surface area contributed by atoms with Gasteiger partial charge in [-0.1, -0.05) is 18.2 Å². The van der Waals surface area contributed by atoms with Crippen molar-refractivity contribution in [1.29, 1.82) is 0 Å². The van der Waals surface area contributed by atoms with Crippen LogP contribution in [0.15, 0.2) is 30.3 Å². The fraction of sp³-hybridized carbons (Fsp3) is 0.412. The van der Waals surface area contributed by atoms with E-state index in [-0.39, 0.29) is 5.69 Å². The van der Waals surface area contributed by atoms with E-state index in [1.807, 2.05) is 52.0 Å². The SMILES string of the molecule is COC(=O)c1cc(B2OC(C)(C)C(C)(C)O2)c2ccccc2n1. The molecule has 1 aromatic heterocycles. The lowest BCUT2D eigenvalue weighted by Gasteiger charge is -2.32. The average molecular weight is 313 g/mol. The Hall–Kier alpha value is -1.92. The molecule has 120 valence electrons. The Morgan fingerprint density at radius 2 is 1.74 bits per heavy atom. The quantitative estimate of drug-likeness (QED) is 0.629. The Morgan fingerprint density at radius 3 is 2.35 bits per heavy atom. The van der Waals surface area contributed by atoms with E-state index in [0.29, 0.717) is 5.52 Å². The number of carbonyl (C=O) groups excluding carboxylic acids is 1. The Labute approximate surface area is 136 Å². The summed E-state index contributed by atoms with van der Waals surface area (Å²) in [5.41, 5.74) is 0.840. The van der Waals surface area contributed by atoms with Crippen LogP contribution in [0.5, 0.6) is 0 Å². The number of ether oxygens (including phenoxy) is 1. The topological polar surface area (TPSA) is 57.7 Å². The minimum atomic E-state index is -0.559. The summed E-state index contributed by atoms with van der Waals surface area (Å²) in [4.78, 5) is 16.3. The molecule has 2 heterocycles. The number of fused-ring (bicyclic) bond motifs is 1. The van der Waals surface area contributed by atoms with Crippen LogP contribution in [-0.2, 0) is 14.0 Å². The number of esters is 1. The maximum atomic E-state index is 11.9. The van der Waals surface area contributed by atoms with Crippen LogP contribution in [0.4, 0.5) is 0 Å². The van der Waals surface area contributed by atoms with Gasteiger partial charge in [0.1, 0.15) is 5.69 Å². The number of para-hydroxylation sites is 1. The van der Waals surface area contributed by atoms with Crippen LogP contribution < -0.4 is 5.46 Å². The Balaban J connectivity index is 2.15. The zero-order valence-corrected chi connectivity index (χ0v) is 14.0. The van der Waals surface area contributed by atoms with E-state index in [9.17, 15) is 4.79 Å². The van der Waals surface area contributed by atoms with Gasteiger partial charge in [-0.25, -0.2) is 9.78 Å². The van der Waals surface area contributed by atoms with Crippen LogP contribution in [0.1, 0.15) is 38.2 Å². The highest BCUT2D eigenvalue weighted by atomic mass is 16.7. The first kappa shape index (κ1) is 16.0. The van der Waals surface area contributed by atoms with Crippen molar-refractivity contribution in [2.24, 2.45) is 0 Å². The van der Waals surface area contributed by atoms with Gasteiger partial charge in [0.05, 0.1) is 23.8 Å². The molecule has 6 heteroatoms. The molecule has 0 amide bonds. The normalized spacial score (nSPS) is 19.1. The third-order valence-corrected chi connectivity index (χ3v) is 4.65. The third kappa shape index (κ3) is 2.62. The molecule has 1 saturated heterocycles. The van der Waals surface area contributed by atoms with Gasteiger partial charge in [0, 0.05) is 0 Å². The van der Waals surface area contributed by atoms with E-state index >= 15 is 0 Å². The van der Waals surface area contributed by atoms with E-state index < -0.39 is 24.3 Å². The first-order chi connectivity index (χ1) is 10.7. The first-order valence-corrected chi connectivity index (χ1v) is 7.59. The monoisotopic (exact) mass is 313 g/mol. The average Bonchev–Trinajstić information content (AvgIpc) is 2.73. The van der Waals surface area contributed by atoms with E-state index in [0.717, 1.165) is 10.8 Å². The molecule has 0 saturated carbocycles. The predicted molar refractivity (Wildman–Crippen MR) is 88.8 cm³/mol. The third-order valence-electron chi connectivity index (χ3n) is 4.65. The standard InChI is InChI=1S/C17H20BNO4/c1-16(2)17(3,4)23-18(22-16)12-10-14(15(20)21-5)19-13-9-7-6-8-11(12)13/h6-10H,1-5H3. The van der Waals surface area contributed by atoms with Gasteiger partial charge >= 0.3 is 13.1 Å². The molecule has 0 spiro atoms. The van der Waals surface area contributed by atoms with Crippen molar-refractivity contribution < 1.29 is 18.8 Å². The van der Waals surface area contributed by atoms with Gasteiger partial charge in [-0.2, -0.15) is 0 Å². The van der Waals surface area contributed by atoms with E-state index in [1.165, 1.54) is 7.11 Å². The van der Waals surface area contributed by atoms with Gasteiger partial charge in [-0.05, 0) is 50.7 Å². The number of pyridine rings is 1.